The Morgan fingerprint density at radius 2 is 1.84 bits per heavy atom. The number of aromatic nitrogens is 1. The lowest BCUT2D eigenvalue weighted by Gasteiger charge is -2.26. The summed E-state index contributed by atoms with van der Waals surface area (Å²) in [6, 6.07) is 12.1. The Morgan fingerprint density at radius 1 is 1.03 bits per heavy atom. The fourth-order valence-electron chi connectivity index (χ4n) is 5.16. The van der Waals surface area contributed by atoms with Gasteiger partial charge >= 0.3 is 6.03 Å². The van der Waals surface area contributed by atoms with Crippen molar-refractivity contribution in [1.82, 2.24) is 9.88 Å². The summed E-state index contributed by atoms with van der Waals surface area (Å²) in [6.07, 6.45) is 8.02. The number of piperidine rings is 1. The van der Waals surface area contributed by atoms with Gasteiger partial charge in [0.15, 0.2) is 0 Å². The lowest BCUT2D eigenvalue weighted by atomic mass is 9.94. The zero-order valence-electron chi connectivity index (χ0n) is 20.5. The minimum Gasteiger partial charge on any atom is -0.366 e. The number of amides is 4. The predicted molar refractivity (Wildman–Crippen MR) is 145 cm³/mol. The Balaban J connectivity index is 1.43. The van der Waals surface area contributed by atoms with Gasteiger partial charge in [-0.15, -0.1) is 0 Å². The first-order chi connectivity index (χ1) is 17.9. The number of rotatable bonds is 7. The number of nitrogens with one attached hydrogen (secondary N) is 3. The van der Waals surface area contributed by atoms with Crippen molar-refractivity contribution in [2.45, 2.75) is 25.7 Å². The van der Waals surface area contributed by atoms with Gasteiger partial charge in [-0.25, -0.2) is 4.79 Å². The van der Waals surface area contributed by atoms with Gasteiger partial charge in [-0.05, 0) is 73.8 Å². The van der Waals surface area contributed by atoms with Crippen LogP contribution >= 0.6 is 0 Å². The van der Waals surface area contributed by atoms with Crippen molar-refractivity contribution in [3.8, 4) is 11.1 Å². The molecule has 0 bridgehead atoms. The predicted octanol–water partition coefficient (Wildman–Crippen LogP) is 3.79. The third-order valence-corrected chi connectivity index (χ3v) is 6.93. The average molecular weight is 499 g/mol. The lowest BCUT2D eigenvalue weighted by Crippen LogP contribution is -2.32. The molecule has 5 rings (SSSR count). The molecule has 2 aliphatic heterocycles. The van der Waals surface area contributed by atoms with E-state index in [1.54, 1.807) is 30.5 Å². The molecular formula is C28H30N6O3. The van der Waals surface area contributed by atoms with E-state index in [-0.39, 0.29) is 5.91 Å². The van der Waals surface area contributed by atoms with E-state index in [2.05, 4.69) is 20.5 Å². The van der Waals surface area contributed by atoms with E-state index in [9.17, 15) is 14.4 Å². The number of primary amides is 2. The number of carbonyl (C=O) groups is 3. The molecule has 2 aliphatic rings. The Kier molecular flexibility index (Phi) is 6.78. The molecule has 3 heterocycles. The van der Waals surface area contributed by atoms with Gasteiger partial charge in [0, 0.05) is 40.9 Å². The van der Waals surface area contributed by atoms with Crippen LogP contribution in [0, 0.1) is 0 Å². The van der Waals surface area contributed by atoms with Gasteiger partial charge in [-0.3, -0.25) is 9.59 Å². The molecule has 1 aromatic heterocycles. The van der Waals surface area contributed by atoms with Crippen LogP contribution in [0.5, 0.6) is 0 Å². The van der Waals surface area contributed by atoms with E-state index in [1.165, 1.54) is 19.3 Å². The molecule has 1 fully saturated rings. The fraction of sp³-hybridized carbons (Fsp3) is 0.250. The smallest absolute Gasteiger partial charge is 0.316 e. The highest BCUT2D eigenvalue weighted by Gasteiger charge is 2.25. The Hall–Kier alpha value is -4.37. The highest BCUT2D eigenvalue weighted by Crippen LogP contribution is 2.36. The Morgan fingerprint density at radius 3 is 2.59 bits per heavy atom. The topological polar surface area (TPSA) is 146 Å². The van der Waals surface area contributed by atoms with Gasteiger partial charge in [-0.2, -0.15) is 0 Å². The van der Waals surface area contributed by atoms with Crippen molar-refractivity contribution < 1.29 is 14.4 Å². The van der Waals surface area contributed by atoms with Crippen molar-refractivity contribution in [2.75, 3.05) is 30.3 Å². The number of aromatic amines is 1. The summed E-state index contributed by atoms with van der Waals surface area (Å²) in [5.41, 5.74) is 17.1. The minimum atomic E-state index is -0.680. The number of likely N-dealkylation sites (tertiary alicyclic amines) is 1. The van der Waals surface area contributed by atoms with Crippen LogP contribution in [-0.2, 0) is 11.2 Å². The largest absolute Gasteiger partial charge is 0.366 e. The van der Waals surface area contributed by atoms with Crippen LogP contribution in [0.1, 0.15) is 46.4 Å². The molecule has 190 valence electrons. The molecule has 4 amide bonds. The van der Waals surface area contributed by atoms with Crippen molar-refractivity contribution in [3.05, 3.63) is 71.0 Å². The number of benzene rings is 2. The lowest BCUT2D eigenvalue weighted by molar-refractivity contribution is -0.110. The third kappa shape index (κ3) is 5.26. The van der Waals surface area contributed by atoms with Crippen LogP contribution in [0.4, 0.5) is 16.2 Å². The standard InChI is InChI=1S/C28H30N6O3/c29-26(35)25-17(9-12-34-10-2-1-3-11-34)5-4-6-21(25)18-13-20(31-16-18)15-23-22-14-19(32-28(30)37)7-8-24(22)33-27(23)36/h4-8,13-16,31H,1-3,9-12H2,(H2,29,35)(H,33,36)(H3,30,32,37). The molecule has 0 atom stereocenters. The first-order valence-electron chi connectivity index (χ1n) is 12.5. The molecule has 0 spiro atoms. The number of hydrogen-bond acceptors (Lipinski definition) is 4. The molecule has 1 saturated heterocycles. The number of carbonyl (C=O) groups excluding carboxylic acids is 3. The summed E-state index contributed by atoms with van der Waals surface area (Å²) in [6.45, 7) is 3.09. The highest BCUT2D eigenvalue weighted by molar-refractivity contribution is 6.35. The number of anilines is 2. The van der Waals surface area contributed by atoms with Crippen molar-refractivity contribution in [3.63, 3.8) is 0 Å². The summed E-state index contributed by atoms with van der Waals surface area (Å²) in [7, 11) is 0. The van der Waals surface area contributed by atoms with Gasteiger partial charge < -0.3 is 32.0 Å². The molecule has 0 saturated carbocycles. The van der Waals surface area contributed by atoms with Crippen LogP contribution in [0.2, 0.25) is 0 Å². The van der Waals surface area contributed by atoms with Gasteiger partial charge in [0.2, 0.25) is 5.91 Å². The second kappa shape index (κ2) is 10.3. The SMILES string of the molecule is NC(=O)Nc1ccc2c(c1)C(=Cc1cc(-c3cccc(CCN4CCCCC4)c3C(N)=O)c[nH]1)C(=O)N2. The molecule has 7 N–H and O–H groups in total. The number of nitrogens with two attached hydrogens (primary N) is 2. The van der Waals surface area contributed by atoms with Crippen LogP contribution in [0.15, 0.2) is 48.7 Å². The van der Waals surface area contributed by atoms with E-state index >= 15 is 0 Å². The number of nitrogens with zero attached hydrogens (tertiary/aromatic N) is 1. The quantitative estimate of drug-likeness (QED) is 0.315. The zero-order chi connectivity index (χ0) is 25.9. The Bertz CT molecular complexity index is 1400. The molecule has 0 aliphatic carbocycles. The van der Waals surface area contributed by atoms with Crippen LogP contribution in [0.3, 0.4) is 0 Å². The highest BCUT2D eigenvalue weighted by atomic mass is 16.2. The molecule has 0 radical (unpaired) electrons. The third-order valence-electron chi connectivity index (χ3n) is 6.93. The maximum atomic E-state index is 12.7. The second-order valence-electron chi connectivity index (χ2n) is 9.46. The first-order valence-corrected chi connectivity index (χ1v) is 12.5. The van der Waals surface area contributed by atoms with E-state index < -0.39 is 11.9 Å². The van der Waals surface area contributed by atoms with Crippen molar-refractivity contribution in [2.24, 2.45) is 11.5 Å². The Labute approximate surface area is 214 Å². The first kappa shape index (κ1) is 24.3. The molecule has 9 nitrogen and oxygen atoms in total. The molecule has 2 aromatic carbocycles. The van der Waals surface area contributed by atoms with Gasteiger partial charge in [0.25, 0.3) is 5.91 Å². The van der Waals surface area contributed by atoms with Gasteiger partial charge in [0.05, 0.1) is 11.1 Å². The van der Waals surface area contributed by atoms with Crippen LogP contribution in [-0.4, -0.2) is 47.4 Å². The summed E-state index contributed by atoms with van der Waals surface area (Å²) in [5, 5.41) is 5.36. The summed E-state index contributed by atoms with van der Waals surface area (Å²) >= 11 is 0. The van der Waals surface area contributed by atoms with E-state index in [0.717, 1.165) is 42.7 Å². The monoisotopic (exact) mass is 498 g/mol. The normalized spacial score (nSPS) is 16.4. The van der Waals surface area contributed by atoms with E-state index in [4.69, 9.17) is 11.5 Å². The van der Waals surface area contributed by atoms with E-state index in [1.807, 2.05) is 24.3 Å². The summed E-state index contributed by atoms with van der Waals surface area (Å²) in [5.74, 6) is -0.705. The van der Waals surface area contributed by atoms with Crippen LogP contribution in [0.25, 0.3) is 22.8 Å². The van der Waals surface area contributed by atoms with Gasteiger partial charge in [-0.1, -0.05) is 24.6 Å². The zero-order valence-corrected chi connectivity index (χ0v) is 20.5. The average Bonchev–Trinajstić information content (AvgIpc) is 3.47. The number of urea groups is 1. The molecule has 37 heavy (non-hydrogen) atoms. The molecule has 9 heteroatoms. The van der Waals surface area contributed by atoms with Crippen molar-refractivity contribution in [1.29, 1.82) is 0 Å². The summed E-state index contributed by atoms with van der Waals surface area (Å²) in [4.78, 5) is 42.1. The maximum Gasteiger partial charge on any atom is 0.316 e. The van der Waals surface area contributed by atoms with E-state index in [0.29, 0.717) is 33.8 Å². The van der Waals surface area contributed by atoms with Crippen LogP contribution < -0.4 is 22.1 Å². The second-order valence-corrected chi connectivity index (χ2v) is 9.46. The fourth-order valence-corrected chi connectivity index (χ4v) is 5.16. The maximum absolute atomic E-state index is 12.7. The molecular weight excluding hydrogens is 468 g/mol. The number of hydrogen-bond donors (Lipinski definition) is 5. The number of fused-ring (bicyclic) bond motifs is 1. The number of H-pyrrole nitrogens is 1. The minimum absolute atomic E-state index is 0.250. The van der Waals surface area contributed by atoms with Gasteiger partial charge in [0.1, 0.15) is 0 Å². The molecule has 3 aromatic rings. The molecule has 0 unspecified atom stereocenters. The summed E-state index contributed by atoms with van der Waals surface area (Å²) < 4.78 is 0. The van der Waals surface area contributed by atoms with Crippen molar-refractivity contribution >= 4 is 40.9 Å².